The summed E-state index contributed by atoms with van der Waals surface area (Å²) < 4.78 is 26.6. The van der Waals surface area contributed by atoms with Crippen LogP contribution in [0.2, 0.25) is 0 Å². The van der Waals surface area contributed by atoms with Gasteiger partial charge in [-0.25, -0.2) is 8.42 Å². The number of benzene rings is 2. The van der Waals surface area contributed by atoms with Gasteiger partial charge < -0.3 is 10.2 Å². The lowest BCUT2D eigenvalue weighted by Crippen LogP contribution is -2.52. The second-order valence-corrected chi connectivity index (χ2v) is 11.0. The number of hydrogen-bond donors (Lipinski definition) is 1. The van der Waals surface area contributed by atoms with E-state index in [1.807, 2.05) is 71.0 Å². The number of rotatable bonds is 12. The van der Waals surface area contributed by atoms with Crippen molar-refractivity contribution in [1.82, 2.24) is 10.2 Å². The van der Waals surface area contributed by atoms with Crippen molar-refractivity contribution < 1.29 is 18.0 Å². The van der Waals surface area contributed by atoms with Crippen molar-refractivity contribution in [3.05, 3.63) is 64.7 Å². The van der Waals surface area contributed by atoms with Crippen molar-refractivity contribution in [3.63, 3.8) is 0 Å². The van der Waals surface area contributed by atoms with Crippen LogP contribution in [0, 0.1) is 20.8 Å². The Balaban J connectivity index is 2.42. The minimum atomic E-state index is -3.75. The first-order valence-corrected chi connectivity index (χ1v) is 14.0. The van der Waals surface area contributed by atoms with Gasteiger partial charge in [0.25, 0.3) is 0 Å². The van der Waals surface area contributed by atoms with Crippen LogP contribution < -0.4 is 9.62 Å². The molecule has 1 N–H and O–H groups in total. The smallest absolute Gasteiger partial charge is 0.244 e. The van der Waals surface area contributed by atoms with Gasteiger partial charge in [-0.15, -0.1) is 0 Å². The zero-order valence-corrected chi connectivity index (χ0v) is 22.6. The van der Waals surface area contributed by atoms with Gasteiger partial charge in [-0.3, -0.25) is 13.9 Å². The molecule has 0 aliphatic heterocycles. The molecule has 1 unspecified atom stereocenters. The lowest BCUT2D eigenvalue weighted by Gasteiger charge is -2.33. The van der Waals surface area contributed by atoms with E-state index < -0.39 is 22.0 Å². The molecule has 8 heteroatoms. The Labute approximate surface area is 210 Å². The first kappa shape index (κ1) is 28.4. The van der Waals surface area contributed by atoms with Gasteiger partial charge in [0.15, 0.2) is 0 Å². The summed E-state index contributed by atoms with van der Waals surface area (Å²) in [5.74, 6) is -0.646. The molecular formula is C27H39N3O4S. The van der Waals surface area contributed by atoms with E-state index >= 15 is 0 Å². The number of amides is 2. The van der Waals surface area contributed by atoms with Crippen LogP contribution in [0.15, 0.2) is 42.5 Å². The van der Waals surface area contributed by atoms with Crippen molar-refractivity contribution in [3.8, 4) is 0 Å². The standard InChI is InChI=1S/C27H39N3O4S/c1-7-9-16-28-27(32)24(8-2)29(18-23-13-10-20(3)11-14-23)26(31)19-30(35(6,33)34)25-15-12-21(4)17-22(25)5/h10-15,17,24H,7-9,16,18-19H2,1-6H3,(H,28,32). The summed E-state index contributed by atoms with van der Waals surface area (Å²) in [5, 5.41) is 2.93. The Hall–Kier alpha value is -2.87. The first-order chi connectivity index (χ1) is 16.5. The summed E-state index contributed by atoms with van der Waals surface area (Å²) in [7, 11) is -3.75. The molecule has 0 saturated carbocycles. The maximum absolute atomic E-state index is 13.7. The number of carbonyl (C=O) groups is 2. The highest BCUT2D eigenvalue weighted by Crippen LogP contribution is 2.24. The number of anilines is 1. The summed E-state index contributed by atoms with van der Waals surface area (Å²) in [6.45, 7) is 10.0. The molecule has 35 heavy (non-hydrogen) atoms. The van der Waals surface area contributed by atoms with E-state index in [0.717, 1.165) is 45.7 Å². The molecule has 2 rings (SSSR count). The molecule has 0 spiro atoms. The molecule has 2 amide bonds. The molecule has 0 aliphatic carbocycles. The highest BCUT2D eigenvalue weighted by Gasteiger charge is 2.32. The molecule has 0 fully saturated rings. The number of nitrogens with zero attached hydrogens (tertiary/aromatic N) is 2. The van der Waals surface area contributed by atoms with Crippen LogP contribution in [0.5, 0.6) is 0 Å². The minimum absolute atomic E-state index is 0.212. The highest BCUT2D eigenvalue weighted by molar-refractivity contribution is 7.92. The maximum Gasteiger partial charge on any atom is 0.244 e. The third-order valence-electron chi connectivity index (χ3n) is 5.99. The van der Waals surface area contributed by atoms with E-state index in [1.54, 1.807) is 6.07 Å². The monoisotopic (exact) mass is 501 g/mol. The SMILES string of the molecule is CCCCNC(=O)C(CC)N(Cc1ccc(C)cc1)C(=O)CN(c1ccc(C)cc1C)S(C)(=O)=O. The largest absolute Gasteiger partial charge is 0.354 e. The van der Waals surface area contributed by atoms with Crippen molar-refractivity contribution >= 4 is 27.5 Å². The number of hydrogen-bond acceptors (Lipinski definition) is 4. The lowest BCUT2D eigenvalue weighted by atomic mass is 10.1. The van der Waals surface area contributed by atoms with Crippen LogP contribution >= 0.6 is 0 Å². The van der Waals surface area contributed by atoms with E-state index in [4.69, 9.17) is 0 Å². The van der Waals surface area contributed by atoms with E-state index in [1.165, 1.54) is 4.90 Å². The van der Waals surface area contributed by atoms with Crippen molar-refractivity contribution in [2.45, 2.75) is 66.5 Å². The second kappa shape index (κ2) is 12.7. The van der Waals surface area contributed by atoms with Crippen LogP contribution in [0.4, 0.5) is 5.69 Å². The molecule has 0 heterocycles. The molecule has 192 valence electrons. The molecule has 0 saturated heterocycles. The van der Waals surface area contributed by atoms with Crippen LogP contribution in [0.1, 0.15) is 55.4 Å². The lowest BCUT2D eigenvalue weighted by molar-refractivity contribution is -0.140. The third-order valence-corrected chi connectivity index (χ3v) is 7.12. The Morgan fingerprint density at radius 1 is 0.971 bits per heavy atom. The molecule has 0 radical (unpaired) electrons. The number of aryl methyl sites for hydroxylation is 3. The molecule has 1 atom stereocenters. The summed E-state index contributed by atoms with van der Waals surface area (Å²) in [6, 6.07) is 12.5. The summed E-state index contributed by atoms with van der Waals surface area (Å²) >= 11 is 0. The minimum Gasteiger partial charge on any atom is -0.354 e. The van der Waals surface area contributed by atoms with Gasteiger partial charge >= 0.3 is 0 Å². The average molecular weight is 502 g/mol. The van der Waals surface area contributed by atoms with Gasteiger partial charge in [-0.1, -0.05) is 67.8 Å². The van der Waals surface area contributed by atoms with Gasteiger partial charge in [0, 0.05) is 13.1 Å². The fraction of sp³-hybridized carbons (Fsp3) is 0.481. The van der Waals surface area contributed by atoms with Crippen LogP contribution in [0.25, 0.3) is 0 Å². The Kier molecular flexibility index (Phi) is 10.3. The predicted octanol–water partition coefficient (Wildman–Crippen LogP) is 4.10. The number of sulfonamides is 1. The summed E-state index contributed by atoms with van der Waals surface area (Å²) in [4.78, 5) is 28.3. The topological polar surface area (TPSA) is 86.8 Å². The number of unbranched alkanes of at least 4 members (excludes halogenated alkanes) is 1. The molecule has 2 aromatic carbocycles. The molecule has 7 nitrogen and oxygen atoms in total. The van der Waals surface area contributed by atoms with Crippen molar-refractivity contribution in [2.75, 3.05) is 23.7 Å². The fourth-order valence-corrected chi connectivity index (χ4v) is 4.90. The summed E-state index contributed by atoms with van der Waals surface area (Å²) in [6.07, 6.45) is 3.31. The first-order valence-electron chi connectivity index (χ1n) is 12.2. The number of nitrogens with one attached hydrogen (secondary N) is 1. The average Bonchev–Trinajstić information content (AvgIpc) is 2.78. The Morgan fingerprint density at radius 3 is 2.14 bits per heavy atom. The van der Waals surface area contributed by atoms with Gasteiger partial charge in [0.1, 0.15) is 12.6 Å². The maximum atomic E-state index is 13.7. The number of carbonyl (C=O) groups excluding carboxylic acids is 2. The van der Waals surface area contributed by atoms with Gasteiger partial charge in [-0.05, 0) is 50.8 Å². The van der Waals surface area contributed by atoms with E-state index in [2.05, 4.69) is 5.32 Å². The van der Waals surface area contributed by atoms with Gasteiger partial charge in [0.05, 0.1) is 11.9 Å². The fourth-order valence-electron chi connectivity index (χ4n) is 4.00. The van der Waals surface area contributed by atoms with E-state index in [-0.39, 0.29) is 19.0 Å². The summed E-state index contributed by atoms with van der Waals surface area (Å²) in [5.41, 5.74) is 4.19. The Morgan fingerprint density at radius 2 is 1.60 bits per heavy atom. The molecule has 0 aromatic heterocycles. The van der Waals surface area contributed by atoms with Crippen LogP contribution in [-0.2, 0) is 26.2 Å². The zero-order chi connectivity index (χ0) is 26.2. The van der Waals surface area contributed by atoms with Crippen LogP contribution in [0.3, 0.4) is 0 Å². The molecule has 0 aliphatic rings. The quantitative estimate of drug-likeness (QED) is 0.444. The van der Waals surface area contributed by atoms with E-state index in [9.17, 15) is 18.0 Å². The van der Waals surface area contributed by atoms with E-state index in [0.29, 0.717) is 18.7 Å². The Bertz CT molecular complexity index is 1110. The van der Waals surface area contributed by atoms with Gasteiger partial charge in [-0.2, -0.15) is 0 Å². The molecule has 0 bridgehead atoms. The molecular weight excluding hydrogens is 462 g/mol. The third kappa shape index (κ3) is 8.09. The highest BCUT2D eigenvalue weighted by atomic mass is 32.2. The van der Waals surface area contributed by atoms with Crippen LogP contribution in [-0.4, -0.2) is 50.5 Å². The van der Waals surface area contributed by atoms with Gasteiger partial charge in [0.2, 0.25) is 21.8 Å². The van der Waals surface area contributed by atoms with Crippen molar-refractivity contribution in [1.29, 1.82) is 0 Å². The zero-order valence-electron chi connectivity index (χ0n) is 21.8. The molecule has 2 aromatic rings. The normalized spacial score (nSPS) is 12.2. The predicted molar refractivity (Wildman–Crippen MR) is 142 cm³/mol. The second-order valence-electron chi connectivity index (χ2n) is 9.14. The van der Waals surface area contributed by atoms with Crippen molar-refractivity contribution in [2.24, 2.45) is 0 Å².